The molecule has 0 spiro atoms. The molecule has 130 valence electrons. The van der Waals surface area contributed by atoms with Gasteiger partial charge in [-0.15, -0.1) is 0 Å². The highest BCUT2D eigenvalue weighted by molar-refractivity contribution is 5.94. The fourth-order valence-corrected chi connectivity index (χ4v) is 3.57. The molecule has 2 aromatic rings. The van der Waals surface area contributed by atoms with Crippen molar-refractivity contribution in [2.75, 3.05) is 24.1 Å². The number of rotatable bonds is 2. The molecule has 2 bridgehead atoms. The van der Waals surface area contributed by atoms with Gasteiger partial charge in [-0.1, -0.05) is 35.9 Å². The topological polar surface area (TPSA) is 67.6 Å². The van der Waals surface area contributed by atoms with E-state index in [-0.39, 0.29) is 18.2 Å². The number of amides is 2. The standard InChI is InChI=1S/C20H23N3O2/c1-13-2-4-14(5-3-13)15-6-9-18(21)19(10-15)22-20(24)23-11-16-7-8-17(12-23)25-16/h2-6,9-10,16-17H,7-8,11-12,21H2,1H3,(H,22,24). The molecule has 2 fully saturated rings. The van der Waals surface area contributed by atoms with E-state index >= 15 is 0 Å². The number of morpholine rings is 1. The number of hydrogen-bond acceptors (Lipinski definition) is 3. The number of nitrogens with two attached hydrogens (primary N) is 1. The van der Waals surface area contributed by atoms with E-state index in [9.17, 15) is 4.79 Å². The van der Waals surface area contributed by atoms with Crippen molar-refractivity contribution in [3.8, 4) is 11.1 Å². The summed E-state index contributed by atoms with van der Waals surface area (Å²) in [6.45, 7) is 3.37. The van der Waals surface area contributed by atoms with Crippen LogP contribution >= 0.6 is 0 Å². The highest BCUT2D eigenvalue weighted by Gasteiger charge is 2.35. The Hall–Kier alpha value is -2.53. The summed E-state index contributed by atoms with van der Waals surface area (Å²) in [6.07, 6.45) is 2.44. The SMILES string of the molecule is Cc1ccc(-c2ccc(N)c(NC(=O)N3CC4CCC(C3)O4)c2)cc1. The van der Waals surface area contributed by atoms with Crippen molar-refractivity contribution in [3.05, 3.63) is 48.0 Å². The van der Waals surface area contributed by atoms with E-state index in [1.807, 2.05) is 23.1 Å². The molecule has 0 radical (unpaired) electrons. The van der Waals surface area contributed by atoms with Crippen molar-refractivity contribution in [1.82, 2.24) is 4.90 Å². The zero-order valence-corrected chi connectivity index (χ0v) is 14.4. The van der Waals surface area contributed by atoms with Crippen LogP contribution in [0.25, 0.3) is 11.1 Å². The molecular formula is C20H23N3O2. The van der Waals surface area contributed by atoms with Gasteiger partial charge in [-0.2, -0.15) is 0 Å². The predicted octanol–water partition coefficient (Wildman–Crippen LogP) is 3.64. The van der Waals surface area contributed by atoms with Gasteiger partial charge in [0.2, 0.25) is 0 Å². The molecule has 2 aromatic carbocycles. The minimum absolute atomic E-state index is 0.104. The average molecular weight is 337 g/mol. The number of anilines is 2. The zero-order valence-electron chi connectivity index (χ0n) is 14.4. The van der Waals surface area contributed by atoms with Crippen molar-refractivity contribution < 1.29 is 9.53 Å². The monoisotopic (exact) mass is 337 g/mol. The lowest BCUT2D eigenvalue weighted by atomic mass is 10.0. The van der Waals surface area contributed by atoms with Crippen molar-refractivity contribution in [2.45, 2.75) is 32.0 Å². The van der Waals surface area contributed by atoms with Crippen molar-refractivity contribution >= 4 is 17.4 Å². The second-order valence-electron chi connectivity index (χ2n) is 6.96. The largest absolute Gasteiger partial charge is 0.397 e. The lowest BCUT2D eigenvalue weighted by molar-refractivity contribution is -0.0219. The number of carbonyl (C=O) groups is 1. The second-order valence-corrected chi connectivity index (χ2v) is 6.96. The molecule has 2 atom stereocenters. The molecule has 5 heteroatoms. The Bertz CT molecular complexity index is 776. The molecule has 3 N–H and O–H groups in total. The minimum Gasteiger partial charge on any atom is -0.397 e. The summed E-state index contributed by atoms with van der Waals surface area (Å²) in [4.78, 5) is 14.5. The molecule has 4 rings (SSSR count). The quantitative estimate of drug-likeness (QED) is 0.822. The molecule has 2 amide bonds. The number of carbonyl (C=O) groups excluding carboxylic acids is 1. The van der Waals surface area contributed by atoms with Gasteiger partial charge in [0.05, 0.1) is 23.6 Å². The van der Waals surface area contributed by atoms with Gasteiger partial charge in [0.15, 0.2) is 0 Å². The normalized spacial score (nSPS) is 22.0. The molecule has 5 nitrogen and oxygen atoms in total. The maximum Gasteiger partial charge on any atom is 0.322 e. The summed E-state index contributed by atoms with van der Waals surface area (Å²) < 4.78 is 5.79. The van der Waals surface area contributed by atoms with Gasteiger partial charge in [-0.25, -0.2) is 4.79 Å². The van der Waals surface area contributed by atoms with Gasteiger partial charge in [-0.3, -0.25) is 0 Å². The summed E-state index contributed by atoms with van der Waals surface area (Å²) in [6, 6.07) is 14.0. The van der Waals surface area contributed by atoms with E-state index in [2.05, 4.69) is 36.5 Å². The summed E-state index contributed by atoms with van der Waals surface area (Å²) in [5, 5.41) is 2.98. The third kappa shape index (κ3) is 3.33. The van der Waals surface area contributed by atoms with Crippen LogP contribution < -0.4 is 11.1 Å². The fraction of sp³-hybridized carbons (Fsp3) is 0.350. The average Bonchev–Trinajstić information content (AvgIpc) is 2.95. The Kier molecular flexibility index (Phi) is 4.09. The van der Waals surface area contributed by atoms with Crippen molar-refractivity contribution in [2.24, 2.45) is 0 Å². The lowest BCUT2D eigenvalue weighted by Gasteiger charge is -2.32. The second kappa shape index (κ2) is 6.41. The van der Waals surface area contributed by atoms with Gasteiger partial charge in [0.1, 0.15) is 0 Å². The van der Waals surface area contributed by atoms with Crippen LogP contribution in [0.3, 0.4) is 0 Å². The van der Waals surface area contributed by atoms with Crippen LogP contribution in [0.5, 0.6) is 0 Å². The number of nitrogen functional groups attached to an aromatic ring is 1. The van der Waals surface area contributed by atoms with Crippen molar-refractivity contribution in [3.63, 3.8) is 0 Å². The Morgan fingerprint density at radius 1 is 1.08 bits per heavy atom. The number of nitrogens with one attached hydrogen (secondary N) is 1. The number of benzene rings is 2. The highest BCUT2D eigenvalue weighted by atomic mass is 16.5. The Balaban J connectivity index is 1.52. The summed E-state index contributed by atoms with van der Waals surface area (Å²) >= 11 is 0. The molecule has 2 heterocycles. The van der Waals surface area contributed by atoms with Gasteiger partial charge in [0, 0.05) is 13.1 Å². The van der Waals surface area contributed by atoms with Crippen LogP contribution in [0.2, 0.25) is 0 Å². The molecule has 2 aliphatic heterocycles. The number of urea groups is 1. The first-order chi connectivity index (χ1) is 12.1. The first kappa shape index (κ1) is 16.0. The first-order valence-corrected chi connectivity index (χ1v) is 8.76. The molecule has 2 unspecified atom stereocenters. The molecule has 2 saturated heterocycles. The Labute approximate surface area is 147 Å². The van der Waals surface area contributed by atoms with E-state index in [0.29, 0.717) is 24.5 Å². The Morgan fingerprint density at radius 3 is 2.40 bits per heavy atom. The Morgan fingerprint density at radius 2 is 1.72 bits per heavy atom. The number of hydrogen-bond donors (Lipinski definition) is 2. The van der Waals surface area contributed by atoms with Gasteiger partial charge in [0.25, 0.3) is 0 Å². The van der Waals surface area contributed by atoms with Crippen LogP contribution in [-0.2, 0) is 4.74 Å². The van der Waals surface area contributed by atoms with E-state index < -0.39 is 0 Å². The van der Waals surface area contributed by atoms with Crippen LogP contribution in [0, 0.1) is 6.92 Å². The third-order valence-corrected chi connectivity index (χ3v) is 5.01. The minimum atomic E-state index is -0.104. The van der Waals surface area contributed by atoms with Crippen LogP contribution in [0.4, 0.5) is 16.2 Å². The molecule has 25 heavy (non-hydrogen) atoms. The molecular weight excluding hydrogens is 314 g/mol. The summed E-state index contributed by atoms with van der Waals surface area (Å²) in [5.41, 5.74) is 10.7. The molecule has 0 aliphatic carbocycles. The maximum absolute atomic E-state index is 12.6. The van der Waals surface area contributed by atoms with Gasteiger partial charge in [-0.05, 0) is 43.0 Å². The third-order valence-electron chi connectivity index (χ3n) is 5.01. The summed E-state index contributed by atoms with van der Waals surface area (Å²) in [5.74, 6) is 0. The lowest BCUT2D eigenvalue weighted by Crippen LogP contribution is -2.47. The highest BCUT2D eigenvalue weighted by Crippen LogP contribution is 2.29. The van der Waals surface area contributed by atoms with E-state index in [0.717, 1.165) is 24.0 Å². The number of likely N-dealkylation sites (tertiary alicyclic amines) is 1. The van der Waals surface area contributed by atoms with Gasteiger partial charge < -0.3 is 20.7 Å². The fourth-order valence-electron chi connectivity index (χ4n) is 3.57. The smallest absolute Gasteiger partial charge is 0.322 e. The van der Waals surface area contributed by atoms with Crippen LogP contribution in [0.1, 0.15) is 18.4 Å². The predicted molar refractivity (Wildman–Crippen MR) is 99.5 cm³/mol. The maximum atomic E-state index is 12.6. The molecule has 2 aliphatic rings. The van der Waals surface area contributed by atoms with Crippen LogP contribution in [0.15, 0.2) is 42.5 Å². The number of fused-ring (bicyclic) bond motifs is 2. The van der Waals surface area contributed by atoms with E-state index in [1.54, 1.807) is 0 Å². The zero-order chi connectivity index (χ0) is 17.4. The molecule has 0 saturated carbocycles. The first-order valence-electron chi connectivity index (χ1n) is 8.76. The number of aryl methyl sites for hydroxylation is 1. The van der Waals surface area contributed by atoms with Gasteiger partial charge >= 0.3 is 6.03 Å². The number of ether oxygens (including phenoxy) is 1. The van der Waals surface area contributed by atoms with Crippen molar-refractivity contribution in [1.29, 1.82) is 0 Å². The number of nitrogens with zero attached hydrogens (tertiary/aromatic N) is 1. The van der Waals surface area contributed by atoms with Crippen LogP contribution in [-0.4, -0.2) is 36.2 Å². The van der Waals surface area contributed by atoms with E-state index in [1.165, 1.54) is 5.56 Å². The van der Waals surface area contributed by atoms with E-state index in [4.69, 9.17) is 10.5 Å². The summed E-state index contributed by atoms with van der Waals surface area (Å²) in [7, 11) is 0. The molecule has 0 aromatic heterocycles.